The smallest absolute Gasteiger partial charge is 0.240 e. The maximum atomic E-state index is 11.8. The van der Waals surface area contributed by atoms with Crippen molar-refractivity contribution in [1.29, 1.82) is 0 Å². The van der Waals surface area contributed by atoms with E-state index in [1.807, 2.05) is 0 Å². The number of phenols is 2. The first kappa shape index (κ1) is 24.6. The van der Waals surface area contributed by atoms with Crippen molar-refractivity contribution in [2.45, 2.75) is 51.4 Å². The molecule has 0 aliphatic carbocycles. The van der Waals surface area contributed by atoms with E-state index in [0.717, 1.165) is 38.5 Å². The van der Waals surface area contributed by atoms with Gasteiger partial charge in [0.2, 0.25) is 11.8 Å². The Morgan fingerprint density at radius 3 is 1.44 bits per heavy atom. The third kappa shape index (κ3) is 9.88. The van der Waals surface area contributed by atoms with Crippen LogP contribution in [0, 0.1) is 0 Å². The minimum Gasteiger partial charge on any atom is -0.507 e. The van der Waals surface area contributed by atoms with Gasteiger partial charge in [0, 0.05) is 24.0 Å². The largest absolute Gasteiger partial charge is 0.507 e. The monoisotopic (exact) mass is 438 g/mol. The van der Waals surface area contributed by atoms with Crippen molar-refractivity contribution in [2.75, 3.05) is 0 Å². The summed E-state index contributed by atoms with van der Waals surface area (Å²) in [5.41, 5.74) is 6.01. The summed E-state index contributed by atoms with van der Waals surface area (Å²) >= 11 is 0. The molecule has 0 radical (unpaired) electrons. The Kier molecular flexibility index (Phi) is 11.0. The lowest BCUT2D eigenvalue weighted by molar-refractivity contribution is -0.122. The highest BCUT2D eigenvalue weighted by Crippen LogP contribution is 2.13. The van der Waals surface area contributed by atoms with E-state index in [2.05, 4.69) is 21.1 Å². The Balaban J connectivity index is 1.45. The first-order valence-corrected chi connectivity index (χ1v) is 10.8. The van der Waals surface area contributed by atoms with Crippen LogP contribution in [0.2, 0.25) is 0 Å². The molecule has 2 amide bonds. The van der Waals surface area contributed by atoms with E-state index in [-0.39, 0.29) is 23.3 Å². The van der Waals surface area contributed by atoms with Crippen LogP contribution in [0.25, 0.3) is 0 Å². The number of para-hydroxylation sites is 2. The van der Waals surface area contributed by atoms with Crippen LogP contribution < -0.4 is 10.9 Å². The fraction of sp³-hybridized carbons (Fsp3) is 0.333. The molecule has 0 aliphatic rings. The lowest BCUT2D eigenvalue weighted by Gasteiger charge is -2.03. The van der Waals surface area contributed by atoms with Gasteiger partial charge < -0.3 is 10.2 Å². The zero-order valence-corrected chi connectivity index (χ0v) is 18.0. The molecule has 0 unspecified atom stereocenters. The second-order valence-electron chi connectivity index (χ2n) is 7.33. The molecule has 0 spiro atoms. The number of benzene rings is 2. The number of nitrogens with one attached hydrogen (secondary N) is 2. The number of hydrogen-bond acceptors (Lipinski definition) is 6. The molecule has 2 aromatic rings. The molecule has 0 fully saturated rings. The number of unbranched alkanes of at least 4 members (excludes halogenated alkanes) is 5. The average Bonchev–Trinajstić information content (AvgIpc) is 2.78. The van der Waals surface area contributed by atoms with Gasteiger partial charge in [-0.15, -0.1) is 0 Å². The highest BCUT2D eigenvalue weighted by atomic mass is 16.3. The number of rotatable bonds is 13. The predicted octanol–water partition coefficient (Wildman–Crippen LogP) is 3.82. The lowest BCUT2D eigenvalue weighted by Crippen LogP contribution is -2.17. The second-order valence-corrected chi connectivity index (χ2v) is 7.33. The maximum absolute atomic E-state index is 11.8. The third-order valence-corrected chi connectivity index (χ3v) is 4.72. The Bertz CT molecular complexity index is 852. The molecule has 0 saturated heterocycles. The van der Waals surface area contributed by atoms with Gasteiger partial charge in [-0.3, -0.25) is 9.59 Å². The molecule has 8 nitrogen and oxygen atoms in total. The minimum atomic E-state index is -0.155. The molecule has 0 aliphatic heterocycles. The summed E-state index contributed by atoms with van der Waals surface area (Å²) in [6.07, 6.45) is 9.06. The van der Waals surface area contributed by atoms with Crippen LogP contribution in [-0.4, -0.2) is 34.5 Å². The standard InChI is InChI=1S/C24H30N4O4/c29-21-13-9-7-11-19(21)17-25-27-23(31)15-5-3-1-2-4-6-16-24(32)28-26-18-20-12-8-10-14-22(20)30/h7-14,17-18,29-30H,1-6,15-16H2,(H,27,31)(H,28,32)/b25-17+,26-18+. The minimum absolute atomic E-state index is 0.114. The van der Waals surface area contributed by atoms with Crippen molar-refractivity contribution < 1.29 is 19.8 Å². The van der Waals surface area contributed by atoms with E-state index in [1.54, 1.807) is 48.5 Å². The molecular formula is C24H30N4O4. The Morgan fingerprint density at radius 2 is 1.03 bits per heavy atom. The normalized spacial score (nSPS) is 11.1. The molecule has 2 aromatic carbocycles. The van der Waals surface area contributed by atoms with Gasteiger partial charge in [0.15, 0.2) is 0 Å². The van der Waals surface area contributed by atoms with E-state index in [9.17, 15) is 19.8 Å². The molecule has 32 heavy (non-hydrogen) atoms. The zero-order valence-electron chi connectivity index (χ0n) is 18.0. The summed E-state index contributed by atoms with van der Waals surface area (Å²) < 4.78 is 0. The number of nitrogens with zero attached hydrogens (tertiary/aromatic N) is 2. The van der Waals surface area contributed by atoms with Gasteiger partial charge in [-0.05, 0) is 37.1 Å². The quantitative estimate of drug-likeness (QED) is 0.216. The number of hydrazone groups is 2. The zero-order chi connectivity index (χ0) is 23.0. The summed E-state index contributed by atoms with van der Waals surface area (Å²) in [6, 6.07) is 13.5. The molecule has 4 N–H and O–H groups in total. The van der Waals surface area contributed by atoms with Crippen LogP contribution in [0.15, 0.2) is 58.7 Å². The fourth-order valence-electron chi connectivity index (χ4n) is 2.93. The van der Waals surface area contributed by atoms with Crippen LogP contribution in [0.5, 0.6) is 11.5 Å². The van der Waals surface area contributed by atoms with Gasteiger partial charge in [-0.1, -0.05) is 49.9 Å². The van der Waals surface area contributed by atoms with Gasteiger partial charge in [0.25, 0.3) is 0 Å². The first-order valence-electron chi connectivity index (χ1n) is 10.8. The number of phenolic OH excluding ortho intramolecular Hbond substituents is 2. The van der Waals surface area contributed by atoms with Crippen molar-refractivity contribution in [2.24, 2.45) is 10.2 Å². The molecule has 0 atom stereocenters. The number of carbonyl (C=O) groups is 2. The van der Waals surface area contributed by atoms with E-state index < -0.39 is 0 Å². The predicted molar refractivity (Wildman–Crippen MR) is 125 cm³/mol. The Morgan fingerprint density at radius 1 is 0.656 bits per heavy atom. The molecular weight excluding hydrogens is 408 g/mol. The molecule has 2 rings (SSSR count). The summed E-state index contributed by atoms with van der Waals surface area (Å²) in [5, 5.41) is 26.9. The van der Waals surface area contributed by atoms with E-state index in [4.69, 9.17) is 0 Å². The van der Waals surface area contributed by atoms with Crippen LogP contribution in [-0.2, 0) is 9.59 Å². The van der Waals surface area contributed by atoms with E-state index in [1.165, 1.54) is 12.4 Å². The summed E-state index contributed by atoms with van der Waals surface area (Å²) in [4.78, 5) is 23.5. The molecule has 0 bridgehead atoms. The number of carbonyl (C=O) groups excluding carboxylic acids is 2. The molecule has 0 heterocycles. The van der Waals surface area contributed by atoms with Crippen molar-refractivity contribution in [1.82, 2.24) is 10.9 Å². The summed E-state index contributed by atoms with van der Waals surface area (Å²) in [7, 11) is 0. The van der Waals surface area contributed by atoms with Crippen molar-refractivity contribution in [3.63, 3.8) is 0 Å². The van der Waals surface area contributed by atoms with Gasteiger partial charge in [-0.2, -0.15) is 10.2 Å². The number of aromatic hydroxyl groups is 2. The third-order valence-electron chi connectivity index (χ3n) is 4.72. The van der Waals surface area contributed by atoms with Crippen molar-refractivity contribution >= 4 is 24.2 Å². The van der Waals surface area contributed by atoms with E-state index >= 15 is 0 Å². The summed E-state index contributed by atoms with van der Waals surface area (Å²) in [5.74, 6) is -0.0817. The Hall–Kier alpha value is -3.68. The number of amides is 2. The molecule has 170 valence electrons. The topological polar surface area (TPSA) is 123 Å². The van der Waals surface area contributed by atoms with E-state index in [0.29, 0.717) is 24.0 Å². The van der Waals surface area contributed by atoms with Crippen molar-refractivity contribution in [3.05, 3.63) is 59.7 Å². The van der Waals surface area contributed by atoms with Crippen molar-refractivity contribution in [3.8, 4) is 11.5 Å². The van der Waals surface area contributed by atoms with Gasteiger partial charge in [-0.25, -0.2) is 10.9 Å². The van der Waals surface area contributed by atoms with Gasteiger partial charge in [0.1, 0.15) is 11.5 Å². The molecule has 8 heteroatoms. The summed E-state index contributed by atoms with van der Waals surface area (Å²) in [6.45, 7) is 0. The Labute approximate surface area is 188 Å². The molecule has 0 saturated carbocycles. The van der Waals surface area contributed by atoms with Crippen LogP contribution in [0.4, 0.5) is 0 Å². The fourth-order valence-corrected chi connectivity index (χ4v) is 2.93. The van der Waals surface area contributed by atoms with Gasteiger partial charge in [0.05, 0.1) is 12.4 Å². The van der Waals surface area contributed by atoms with Crippen LogP contribution in [0.1, 0.15) is 62.5 Å². The average molecular weight is 439 g/mol. The second kappa shape index (κ2) is 14.3. The lowest BCUT2D eigenvalue weighted by atomic mass is 10.1. The number of hydrogen-bond donors (Lipinski definition) is 4. The highest BCUT2D eigenvalue weighted by molar-refractivity contribution is 5.85. The SMILES string of the molecule is O=C(CCCCCCCCC(=O)N/N=C/c1ccccc1O)N/N=C/c1ccccc1O. The highest BCUT2D eigenvalue weighted by Gasteiger charge is 2.02. The van der Waals surface area contributed by atoms with Crippen LogP contribution in [0.3, 0.4) is 0 Å². The molecule has 0 aromatic heterocycles. The first-order chi connectivity index (χ1) is 15.6. The van der Waals surface area contributed by atoms with Gasteiger partial charge >= 0.3 is 0 Å². The maximum Gasteiger partial charge on any atom is 0.240 e. The van der Waals surface area contributed by atoms with Crippen LogP contribution >= 0.6 is 0 Å².